The Morgan fingerprint density at radius 2 is 2.07 bits per heavy atom. The maximum atomic E-state index is 9.05. The molecule has 3 nitrogen and oxygen atoms in total. The van der Waals surface area contributed by atoms with Crippen LogP contribution in [0.15, 0.2) is 18.2 Å². The van der Waals surface area contributed by atoms with Crippen LogP contribution in [0.4, 0.5) is 0 Å². The van der Waals surface area contributed by atoms with Gasteiger partial charge in [0, 0.05) is 7.11 Å². The van der Waals surface area contributed by atoms with Crippen LogP contribution in [0.2, 0.25) is 0 Å². The first-order valence-corrected chi connectivity index (χ1v) is 5.04. The monoisotopic (exact) mass is 210 g/mol. The van der Waals surface area contributed by atoms with Crippen molar-refractivity contribution in [3.8, 4) is 5.75 Å². The molecule has 1 N–H and O–H groups in total. The van der Waals surface area contributed by atoms with Gasteiger partial charge in [-0.05, 0) is 29.2 Å². The summed E-state index contributed by atoms with van der Waals surface area (Å²) in [4.78, 5) is 0. The van der Waals surface area contributed by atoms with Crippen LogP contribution in [-0.4, -0.2) is 19.0 Å². The van der Waals surface area contributed by atoms with Crippen LogP contribution in [0.1, 0.15) is 30.9 Å². The van der Waals surface area contributed by atoms with Crippen LogP contribution in [0.5, 0.6) is 5.75 Å². The molecule has 0 saturated heterocycles. The number of aliphatic hydroxyl groups is 1. The summed E-state index contributed by atoms with van der Waals surface area (Å²) >= 11 is 0. The van der Waals surface area contributed by atoms with E-state index >= 15 is 0 Å². The Morgan fingerprint density at radius 1 is 1.33 bits per heavy atom. The Morgan fingerprint density at radius 3 is 2.60 bits per heavy atom. The second-order valence-corrected chi connectivity index (χ2v) is 3.74. The van der Waals surface area contributed by atoms with Gasteiger partial charge in [-0.15, -0.1) is 0 Å². The van der Waals surface area contributed by atoms with Crippen molar-refractivity contribution in [2.45, 2.75) is 26.4 Å². The number of hydrogen-bond donors (Lipinski definition) is 1. The van der Waals surface area contributed by atoms with E-state index in [4.69, 9.17) is 14.6 Å². The SMILES string of the molecule is COCOc1ccc(CO)cc1C(C)C. The van der Waals surface area contributed by atoms with Gasteiger partial charge in [0.05, 0.1) is 6.61 Å². The average molecular weight is 210 g/mol. The summed E-state index contributed by atoms with van der Waals surface area (Å²) in [6, 6.07) is 5.70. The molecule has 84 valence electrons. The lowest BCUT2D eigenvalue weighted by atomic mass is 10.00. The lowest BCUT2D eigenvalue weighted by Gasteiger charge is -2.14. The van der Waals surface area contributed by atoms with E-state index in [1.807, 2.05) is 18.2 Å². The van der Waals surface area contributed by atoms with Crippen LogP contribution in [0.25, 0.3) is 0 Å². The lowest BCUT2D eigenvalue weighted by Crippen LogP contribution is -2.03. The number of rotatable bonds is 5. The van der Waals surface area contributed by atoms with Crippen LogP contribution < -0.4 is 4.74 Å². The maximum Gasteiger partial charge on any atom is 0.188 e. The largest absolute Gasteiger partial charge is 0.467 e. The van der Waals surface area contributed by atoms with E-state index in [9.17, 15) is 0 Å². The maximum absolute atomic E-state index is 9.05. The summed E-state index contributed by atoms with van der Waals surface area (Å²) in [5.74, 6) is 1.19. The highest BCUT2D eigenvalue weighted by Gasteiger charge is 2.08. The van der Waals surface area contributed by atoms with E-state index in [0.717, 1.165) is 16.9 Å². The van der Waals surface area contributed by atoms with Gasteiger partial charge in [0.15, 0.2) is 6.79 Å². The molecule has 0 amide bonds. The molecule has 3 heteroatoms. The van der Waals surface area contributed by atoms with Crippen molar-refractivity contribution in [2.24, 2.45) is 0 Å². The molecule has 0 spiro atoms. The first-order chi connectivity index (χ1) is 7.19. The van der Waals surface area contributed by atoms with Crippen molar-refractivity contribution in [1.82, 2.24) is 0 Å². The molecule has 0 heterocycles. The van der Waals surface area contributed by atoms with Gasteiger partial charge < -0.3 is 14.6 Å². The van der Waals surface area contributed by atoms with Gasteiger partial charge in [-0.1, -0.05) is 19.9 Å². The molecule has 0 aliphatic carbocycles. The molecule has 1 aromatic rings. The van der Waals surface area contributed by atoms with Gasteiger partial charge >= 0.3 is 0 Å². The zero-order valence-electron chi connectivity index (χ0n) is 9.49. The summed E-state index contributed by atoms with van der Waals surface area (Å²) in [6.07, 6.45) is 0. The fraction of sp³-hybridized carbons (Fsp3) is 0.500. The summed E-state index contributed by atoms with van der Waals surface area (Å²) in [6.45, 7) is 4.49. The summed E-state index contributed by atoms with van der Waals surface area (Å²) in [7, 11) is 1.59. The van der Waals surface area contributed by atoms with Crippen LogP contribution >= 0.6 is 0 Å². The molecule has 0 aromatic heterocycles. The fourth-order valence-corrected chi connectivity index (χ4v) is 1.40. The molecular formula is C12H18O3. The fourth-order valence-electron chi connectivity index (χ4n) is 1.40. The molecule has 0 atom stereocenters. The number of benzene rings is 1. The molecule has 1 aromatic carbocycles. The molecule has 0 aliphatic rings. The minimum atomic E-state index is 0.0598. The van der Waals surface area contributed by atoms with Gasteiger partial charge in [0.1, 0.15) is 5.75 Å². The molecule has 0 fully saturated rings. The number of aliphatic hydroxyl groups excluding tert-OH is 1. The van der Waals surface area contributed by atoms with Gasteiger partial charge in [0.2, 0.25) is 0 Å². The van der Waals surface area contributed by atoms with Gasteiger partial charge in [-0.25, -0.2) is 0 Å². The minimum Gasteiger partial charge on any atom is -0.467 e. The topological polar surface area (TPSA) is 38.7 Å². The molecule has 0 aliphatic heterocycles. The first kappa shape index (κ1) is 12.0. The van der Waals surface area contributed by atoms with E-state index in [0.29, 0.717) is 5.92 Å². The van der Waals surface area contributed by atoms with Crippen LogP contribution in [0, 0.1) is 0 Å². The van der Waals surface area contributed by atoms with Crippen LogP contribution in [-0.2, 0) is 11.3 Å². The number of hydrogen-bond acceptors (Lipinski definition) is 3. The standard InChI is InChI=1S/C12H18O3/c1-9(2)11-6-10(7-13)4-5-12(11)15-8-14-3/h4-6,9,13H,7-8H2,1-3H3. The second-order valence-electron chi connectivity index (χ2n) is 3.74. The minimum absolute atomic E-state index is 0.0598. The summed E-state index contributed by atoms with van der Waals surface area (Å²) in [5, 5.41) is 9.05. The van der Waals surface area contributed by atoms with Crippen molar-refractivity contribution >= 4 is 0 Å². The molecular weight excluding hydrogens is 192 g/mol. The van der Waals surface area contributed by atoms with E-state index in [1.165, 1.54) is 0 Å². The predicted octanol–water partition coefficient (Wildman–Crippen LogP) is 2.29. The van der Waals surface area contributed by atoms with E-state index in [-0.39, 0.29) is 13.4 Å². The van der Waals surface area contributed by atoms with Gasteiger partial charge in [-0.2, -0.15) is 0 Å². The first-order valence-electron chi connectivity index (χ1n) is 5.04. The smallest absolute Gasteiger partial charge is 0.188 e. The third-order valence-corrected chi connectivity index (χ3v) is 2.21. The third kappa shape index (κ3) is 3.22. The lowest BCUT2D eigenvalue weighted by molar-refractivity contribution is 0.0502. The summed E-state index contributed by atoms with van der Waals surface area (Å²) < 4.78 is 10.3. The van der Waals surface area contributed by atoms with Crippen molar-refractivity contribution in [2.75, 3.05) is 13.9 Å². The average Bonchev–Trinajstić information content (AvgIpc) is 2.26. The van der Waals surface area contributed by atoms with E-state index in [1.54, 1.807) is 7.11 Å². The van der Waals surface area contributed by atoms with Crippen LogP contribution in [0.3, 0.4) is 0 Å². The second kappa shape index (κ2) is 5.73. The number of methoxy groups -OCH3 is 1. The zero-order valence-corrected chi connectivity index (χ0v) is 9.49. The van der Waals surface area contributed by atoms with Crippen molar-refractivity contribution in [3.63, 3.8) is 0 Å². The zero-order chi connectivity index (χ0) is 11.3. The molecule has 0 unspecified atom stereocenters. The quantitative estimate of drug-likeness (QED) is 0.758. The highest BCUT2D eigenvalue weighted by atomic mass is 16.7. The normalized spacial score (nSPS) is 10.7. The third-order valence-electron chi connectivity index (χ3n) is 2.21. The predicted molar refractivity (Wildman–Crippen MR) is 59.0 cm³/mol. The van der Waals surface area contributed by atoms with Crippen molar-refractivity contribution < 1.29 is 14.6 Å². The Kier molecular flexibility index (Phi) is 4.59. The molecule has 0 bridgehead atoms. The highest BCUT2D eigenvalue weighted by molar-refractivity contribution is 5.39. The Balaban J connectivity index is 2.93. The highest BCUT2D eigenvalue weighted by Crippen LogP contribution is 2.27. The molecule has 1 rings (SSSR count). The Hall–Kier alpha value is -1.06. The Bertz CT molecular complexity index is 308. The van der Waals surface area contributed by atoms with E-state index < -0.39 is 0 Å². The molecule has 0 saturated carbocycles. The summed E-state index contributed by atoms with van der Waals surface area (Å²) in [5.41, 5.74) is 2.00. The van der Waals surface area contributed by atoms with Crippen molar-refractivity contribution in [3.05, 3.63) is 29.3 Å². The van der Waals surface area contributed by atoms with E-state index in [2.05, 4.69) is 13.8 Å². The molecule has 15 heavy (non-hydrogen) atoms. The van der Waals surface area contributed by atoms with Gasteiger partial charge in [-0.3, -0.25) is 0 Å². The van der Waals surface area contributed by atoms with Crippen molar-refractivity contribution in [1.29, 1.82) is 0 Å². The number of ether oxygens (including phenoxy) is 2. The molecule has 0 radical (unpaired) electrons. The Labute approximate surface area is 90.6 Å². The van der Waals surface area contributed by atoms with Gasteiger partial charge in [0.25, 0.3) is 0 Å².